The van der Waals surface area contributed by atoms with E-state index in [4.69, 9.17) is 0 Å². The number of hydrogen-bond acceptors (Lipinski definition) is 4. The lowest BCUT2D eigenvalue weighted by atomic mass is 9.86. The van der Waals surface area contributed by atoms with E-state index >= 15 is 0 Å². The Balaban J connectivity index is 1.46. The average molecular weight is 365 g/mol. The van der Waals surface area contributed by atoms with Gasteiger partial charge in [0, 0.05) is 68.5 Å². The lowest BCUT2D eigenvalue weighted by molar-refractivity contribution is -0.0789. The van der Waals surface area contributed by atoms with Crippen molar-refractivity contribution in [2.24, 2.45) is 0 Å². The molecule has 0 aromatic rings. The molecule has 26 heavy (non-hydrogen) atoms. The molecule has 0 aromatic heterocycles. The summed E-state index contributed by atoms with van der Waals surface area (Å²) in [5, 5.41) is 0. The van der Waals surface area contributed by atoms with E-state index in [1.807, 2.05) is 0 Å². The summed E-state index contributed by atoms with van der Waals surface area (Å²) in [7, 11) is 0. The summed E-state index contributed by atoms with van der Waals surface area (Å²) in [5.74, 6) is 0. The maximum Gasteiger partial charge on any atom is 0.0283 e. The fourth-order valence-electron chi connectivity index (χ4n) is 5.88. The maximum absolute atomic E-state index is 2.78. The molecule has 0 spiro atoms. The molecule has 0 saturated carbocycles. The van der Waals surface area contributed by atoms with Gasteiger partial charge in [-0.2, -0.15) is 0 Å². The first-order valence-corrected chi connectivity index (χ1v) is 11.2. The number of likely N-dealkylation sites (N-methyl/N-ethyl adjacent to an activating group) is 1. The molecule has 4 fully saturated rings. The Kier molecular flexibility index (Phi) is 6.38. The molecule has 4 aliphatic rings. The molecule has 0 aromatic carbocycles. The Morgan fingerprint density at radius 2 is 1.50 bits per heavy atom. The molecule has 4 heteroatoms. The summed E-state index contributed by atoms with van der Waals surface area (Å²) in [6.07, 6.45) is 4.12. The van der Waals surface area contributed by atoms with E-state index in [0.29, 0.717) is 17.6 Å². The van der Waals surface area contributed by atoms with E-state index in [-0.39, 0.29) is 0 Å². The van der Waals surface area contributed by atoms with Crippen LogP contribution in [0.15, 0.2) is 0 Å². The van der Waals surface area contributed by atoms with Crippen molar-refractivity contribution in [1.82, 2.24) is 19.6 Å². The summed E-state index contributed by atoms with van der Waals surface area (Å²) >= 11 is 0. The van der Waals surface area contributed by atoms with Gasteiger partial charge in [-0.1, -0.05) is 6.92 Å². The van der Waals surface area contributed by atoms with Crippen LogP contribution >= 0.6 is 0 Å². The second-order valence-electron chi connectivity index (χ2n) is 10.2. The van der Waals surface area contributed by atoms with E-state index in [1.54, 1.807) is 0 Å². The zero-order chi connectivity index (χ0) is 19.1. The number of fused-ring (bicyclic) bond motifs is 2. The van der Waals surface area contributed by atoms with Gasteiger partial charge in [-0.15, -0.1) is 0 Å². The quantitative estimate of drug-likeness (QED) is 0.688. The van der Waals surface area contributed by atoms with Crippen LogP contribution in [-0.4, -0.2) is 94.6 Å². The van der Waals surface area contributed by atoms with Crippen LogP contribution in [0, 0.1) is 0 Å². The minimum absolute atomic E-state index is 0.291. The fraction of sp³-hybridized carbons (Fsp3) is 1.00. The molecule has 0 aliphatic carbocycles. The van der Waals surface area contributed by atoms with Gasteiger partial charge in [0.05, 0.1) is 0 Å². The largest absolute Gasteiger partial charge is 0.298 e. The Morgan fingerprint density at radius 3 is 2.04 bits per heavy atom. The maximum atomic E-state index is 2.78. The standard InChI is InChI=1S/C22H44N4/c1-8-25-20-13-21(25)15-24(14-20)18(4)9-10-19(5)26-12-11-23(17(2)3)16-22(26,6)7/h17-21H,8-16H2,1-7H3. The molecule has 152 valence electrons. The van der Waals surface area contributed by atoms with Crippen LogP contribution in [0.25, 0.3) is 0 Å². The molecule has 4 nitrogen and oxygen atoms in total. The van der Waals surface area contributed by atoms with Crippen LogP contribution in [0.5, 0.6) is 0 Å². The fourth-order valence-corrected chi connectivity index (χ4v) is 5.88. The summed E-state index contributed by atoms with van der Waals surface area (Å²) in [6, 6.07) is 3.79. The predicted octanol–water partition coefficient (Wildman–Crippen LogP) is 3.13. The van der Waals surface area contributed by atoms with Crippen LogP contribution in [0.2, 0.25) is 0 Å². The lowest BCUT2D eigenvalue weighted by Gasteiger charge is -2.57. The van der Waals surface area contributed by atoms with Crippen molar-refractivity contribution < 1.29 is 0 Å². The van der Waals surface area contributed by atoms with Crippen molar-refractivity contribution in [2.75, 3.05) is 39.3 Å². The number of hydrogen-bond donors (Lipinski definition) is 0. The number of rotatable bonds is 7. The summed E-state index contributed by atoms with van der Waals surface area (Å²) in [6.45, 7) is 24.3. The van der Waals surface area contributed by atoms with Gasteiger partial charge in [0.25, 0.3) is 0 Å². The third-order valence-corrected chi connectivity index (χ3v) is 7.62. The third-order valence-electron chi connectivity index (χ3n) is 7.62. The minimum atomic E-state index is 0.291. The molecule has 4 saturated heterocycles. The molecular weight excluding hydrogens is 320 g/mol. The van der Waals surface area contributed by atoms with Gasteiger partial charge >= 0.3 is 0 Å². The highest BCUT2D eigenvalue weighted by atomic mass is 15.4. The molecule has 0 radical (unpaired) electrons. The van der Waals surface area contributed by atoms with Crippen LogP contribution in [0.1, 0.15) is 67.7 Å². The predicted molar refractivity (Wildman–Crippen MR) is 112 cm³/mol. The Bertz CT molecular complexity index is 451. The van der Waals surface area contributed by atoms with Crippen LogP contribution < -0.4 is 0 Å². The molecule has 0 N–H and O–H groups in total. The van der Waals surface area contributed by atoms with E-state index in [0.717, 1.165) is 18.1 Å². The third kappa shape index (κ3) is 4.14. The van der Waals surface area contributed by atoms with E-state index in [9.17, 15) is 0 Å². The zero-order valence-corrected chi connectivity index (χ0v) is 18.5. The lowest BCUT2D eigenvalue weighted by Crippen LogP contribution is -2.69. The minimum Gasteiger partial charge on any atom is -0.298 e. The summed E-state index contributed by atoms with van der Waals surface area (Å²) in [5.41, 5.74) is 0.291. The average Bonchev–Trinajstić information content (AvgIpc) is 2.58. The van der Waals surface area contributed by atoms with Crippen molar-refractivity contribution >= 4 is 0 Å². The van der Waals surface area contributed by atoms with Crippen molar-refractivity contribution in [3.8, 4) is 0 Å². The first-order chi connectivity index (χ1) is 12.2. The molecule has 4 heterocycles. The molecule has 0 amide bonds. The van der Waals surface area contributed by atoms with Crippen LogP contribution in [0.3, 0.4) is 0 Å². The van der Waals surface area contributed by atoms with Crippen LogP contribution in [-0.2, 0) is 0 Å². The number of nitrogens with zero attached hydrogens (tertiary/aromatic N) is 4. The van der Waals surface area contributed by atoms with Crippen molar-refractivity contribution in [2.45, 2.75) is 103 Å². The topological polar surface area (TPSA) is 13.0 Å². The van der Waals surface area contributed by atoms with Crippen molar-refractivity contribution in [3.63, 3.8) is 0 Å². The van der Waals surface area contributed by atoms with Crippen molar-refractivity contribution in [1.29, 1.82) is 0 Å². The smallest absolute Gasteiger partial charge is 0.0283 e. The highest BCUT2D eigenvalue weighted by Crippen LogP contribution is 2.33. The molecule has 4 aliphatic heterocycles. The monoisotopic (exact) mass is 364 g/mol. The van der Waals surface area contributed by atoms with Gasteiger partial charge in [-0.3, -0.25) is 19.6 Å². The Hall–Kier alpha value is -0.160. The number of piperazine rings is 2. The van der Waals surface area contributed by atoms with E-state index in [1.165, 1.54) is 58.5 Å². The van der Waals surface area contributed by atoms with Gasteiger partial charge in [-0.25, -0.2) is 0 Å². The van der Waals surface area contributed by atoms with Gasteiger partial charge in [0.1, 0.15) is 0 Å². The summed E-state index contributed by atoms with van der Waals surface area (Å²) in [4.78, 5) is 10.9. The molecule has 4 atom stereocenters. The Labute approximate surface area is 162 Å². The van der Waals surface area contributed by atoms with Gasteiger partial charge < -0.3 is 0 Å². The molecule has 2 bridgehead atoms. The first kappa shape index (κ1) is 20.6. The second-order valence-corrected chi connectivity index (χ2v) is 10.2. The normalized spacial score (nSPS) is 33.2. The first-order valence-electron chi connectivity index (χ1n) is 11.2. The second kappa shape index (κ2) is 8.06. The van der Waals surface area contributed by atoms with E-state index < -0.39 is 0 Å². The van der Waals surface area contributed by atoms with Crippen molar-refractivity contribution in [3.05, 3.63) is 0 Å². The molecule has 4 unspecified atom stereocenters. The van der Waals surface area contributed by atoms with Crippen LogP contribution in [0.4, 0.5) is 0 Å². The molecular formula is C22H44N4. The van der Waals surface area contributed by atoms with Gasteiger partial charge in [-0.05, 0) is 67.3 Å². The molecule has 4 rings (SSSR count). The van der Waals surface area contributed by atoms with Gasteiger partial charge in [0.2, 0.25) is 0 Å². The summed E-state index contributed by atoms with van der Waals surface area (Å²) < 4.78 is 0. The highest BCUT2D eigenvalue weighted by molar-refractivity contribution is 5.01. The zero-order valence-electron chi connectivity index (χ0n) is 18.5. The number of piperidine rings is 1. The van der Waals surface area contributed by atoms with Gasteiger partial charge in [0.15, 0.2) is 0 Å². The highest BCUT2D eigenvalue weighted by Gasteiger charge is 2.44. The van der Waals surface area contributed by atoms with E-state index in [2.05, 4.69) is 68.1 Å². The SMILES string of the molecule is CCN1C2CC1CN(C(C)CCC(C)N1CCN(C(C)C)CC1(C)C)C2. The Morgan fingerprint density at radius 1 is 0.885 bits per heavy atom.